The number of carbonyl (C=O) groups is 1. The fourth-order valence-electron chi connectivity index (χ4n) is 4.09. The monoisotopic (exact) mass is 495 g/mol. The van der Waals surface area contributed by atoms with Crippen LogP contribution in [-0.2, 0) is 14.0 Å². The molecule has 0 saturated heterocycles. The van der Waals surface area contributed by atoms with E-state index in [1.54, 1.807) is 0 Å². The van der Waals surface area contributed by atoms with Gasteiger partial charge in [0.15, 0.2) is 5.94 Å². The van der Waals surface area contributed by atoms with Crippen molar-refractivity contribution in [1.29, 1.82) is 5.26 Å². The third kappa shape index (κ3) is 5.73. The summed E-state index contributed by atoms with van der Waals surface area (Å²) in [5.74, 6) is 0.962. The van der Waals surface area contributed by atoms with Gasteiger partial charge >= 0.3 is 6.09 Å². The lowest BCUT2D eigenvalue weighted by molar-refractivity contribution is -0.160. The number of nitrogens with one attached hydrogen (secondary N) is 1. The van der Waals surface area contributed by atoms with E-state index in [0.29, 0.717) is 23.0 Å². The summed E-state index contributed by atoms with van der Waals surface area (Å²) < 4.78 is 18.2. The number of anilines is 1. The Morgan fingerprint density at radius 2 is 1.94 bits per heavy atom. The summed E-state index contributed by atoms with van der Waals surface area (Å²) in [6.45, 7) is 5.46. The van der Waals surface area contributed by atoms with Crippen molar-refractivity contribution in [2.24, 2.45) is 0 Å². The number of fused-ring (bicyclic) bond motifs is 1. The first-order valence-corrected chi connectivity index (χ1v) is 12.4. The van der Waals surface area contributed by atoms with E-state index in [0.717, 1.165) is 53.5 Å². The average molecular weight is 496 g/mol. The van der Waals surface area contributed by atoms with Gasteiger partial charge in [-0.05, 0) is 69.9 Å². The highest BCUT2D eigenvalue weighted by molar-refractivity contribution is 7.94. The van der Waals surface area contributed by atoms with Gasteiger partial charge in [0.1, 0.15) is 17.4 Å². The number of carbonyl (C=O) groups excluding carboxylic acids is 1. The fraction of sp³-hybridized carbons (Fsp3) is 0.385. The molecule has 4 rings (SSSR count). The molecule has 1 amide bonds. The molecule has 184 valence electrons. The number of aromatic nitrogens is 1. The van der Waals surface area contributed by atoms with Crippen molar-refractivity contribution < 1.29 is 23.5 Å². The molecular weight excluding hydrogens is 466 g/mol. The van der Waals surface area contributed by atoms with Gasteiger partial charge in [-0.15, -0.1) is 0 Å². The molecule has 1 aromatic heterocycles. The quantitative estimate of drug-likeness (QED) is 0.120. The molecule has 8 nitrogen and oxygen atoms in total. The first-order chi connectivity index (χ1) is 16.8. The summed E-state index contributed by atoms with van der Waals surface area (Å²) in [6.07, 6.45) is 2.77. The Hall–Kier alpha value is -3.19. The van der Waals surface area contributed by atoms with Gasteiger partial charge in [0.05, 0.1) is 35.9 Å². The molecule has 1 saturated carbocycles. The number of amides is 1. The van der Waals surface area contributed by atoms with E-state index in [-0.39, 0.29) is 5.94 Å². The van der Waals surface area contributed by atoms with Crippen LogP contribution in [0, 0.1) is 11.3 Å². The van der Waals surface area contributed by atoms with Gasteiger partial charge < -0.3 is 14.0 Å². The van der Waals surface area contributed by atoms with Gasteiger partial charge in [-0.25, -0.2) is 9.68 Å². The highest BCUT2D eigenvalue weighted by Crippen LogP contribution is 2.43. The Morgan fingerprint density at radius 1 is 1.20 bits per heavy atom. The zero-order chi connectivity index (χ0) is 25.0. The second-order valence-corrected chi connectivity index (χ2v) is 9.90. The van der Waals surface area contributed by atoms with Crippen LogP contribution < -0.4 is 10.1 Å². The van der Waals surface area contributed by atoms with Crippen molar-refractivity contribution in [3.8, 4) is 23.1 Å². The van der Waals surface area contributed by atoms with Crippen molar-refractivity contribution >= 4 is 34.7 Å². The zero-order valence-corrected chi connectivity index (χ0v) is 21.1. The molecular formula is C26H29N3O5S. The molecule has 3 aromatic rings. The SMILES string of the molecule is COOSCOc1ccc2c(C#N)c(-c3ccc(NC(=O)OC(C)(C)C)cc3)n(C3CCC3)c2c1. The molecule has 1 aliphatic rings. The molecule has 0 aliphatic heterocycles. The zero-order valence-electron chi connectivity index (χ0n) is 20.3. The van der Waals surface area contributed by atoms with Crippen LogP contribution in [0.2, 0.25) is 0 Å². The minimum Gasteiger partial charge on any atom is -0.480 e. The molecule has 1 N–H and O–H groups in total. The summed E-state index contributed by atoms with van der Waals surface area (Å²) in [4.78, 5) is 16.7. The minimum absolute atomic E-state index is 0.271. The molecule has 0 radical (unpaired) electrons. The van der Waals surface area contributed by atoms with E-state index < -0.39 is 11.7 Å². The number of rotatable bonds is 8. The normalized spacial score (nSPS) is 13.8. The predicted molar refractivity (Wildman–Crippen MR) is 136 cm³/mol. The van der Waals surface area contributed by atoms with E-state index in [4.69, 9.17) is 13.8 Å². The Kier molecular flexibility index (Phi) is 7.55. The lowest BCUT2D eigenvalue weighted by Gasteiger charge is -2.30. The van der Waals surface area contributed by atoms with Crippen LogP contribution in [0.1, 0.15) is 51.6 Å². The van der Waals surface area contributed by atoms with Crippen LogP contribution in [0.5, 0.6) is 5.75 Å². The van der Waals surface area contributed by atoms with Crippen LogP contribution in [0.3, 0.4) is 0 Å². The third-order valence-corrected chi connectivity index (χ3v) is 6.17. The maximum absolute atomic E-state index is 12.1. The lowest BCUT2D eigenvalue weighted by atomic mass is 9.92. The Balaban J connectivity index is 1.68. The van der Waals surface area contributed by atoms with E-state index in [2.05, 4.69) is 20.8 Å². The molecule has 1 aliphatic carbocycles. The van der Waals surface area contributed by atoms with Crippen LogP contribution in [-0.4, -0.2) is 29.3 Å². The van der Waals surface area contributed by atoms with Gasteiger partial charge in [0.2, 0.25) is 0 Å². The molecule has 1 fully saturated rings. The third-order valence-electron chi connectivity index (χ3n) is 5.72. The van der Waals surface area contributed by atoms with Crippen LogP contribution in [0.4, 0.5) is 10.5 Å². The number of ether oxygens (including phenoxy) is 2. The largest absolute Gasteiger partial charge is 0.480 e. The van der Waals surface area contributed by atoms with Crippen LogP contribution >= 0.6 is 12.0 Å². The standard InChI is InChI=1S/C26H29N3O5S/c1-26(2,3)33-25(30)28-18-10-8-17(9-11-18)24-22(15-27)21-13-12-20(32-16-35-34-31-4)14-23(21)29(24)19-6-5-7-19/h8-14,19H,5-7,16H2,1-4H3,(H,28,30). The fourth-order valence-corrected chi connectivity index (χ4v) is 4.41. The number of benzene rings is 2. The first-order valence-electron chi connectivity index (χ1n) is 11.4. The first kappa shape index (κ1) is 24.9. The minimum atomic E-state index is -0.576. The lowest BCUT2D eigenvalue weighted by Crippen LogP contribution is -2.27. The number of hydrogen-bond donors (Lipinski definition) is 1. The summed E-state index contributed by atoms with van der Waals surface area (Å²) in [7, 11) is 1.44. The highest BCUT2D eigenvalue weighted by atomic mass is 32.2. The number of nitrogens with zero attached hydrogens (tertiary/aromatic N) is 2. The van der Waals surface area contributed by atoms with E-state index in [9.17, 15) is 10.1 Å². The topological polar surface area (TPSA) is 94.7 Å². The average Bonchev–Trinajstić information content (AvgIpc) is 3.08. The summed E-state index contributed by atoms with van der Waals surface area (Å²) in [6, 6.07) is 16.0. The van der Waals surface area contributed by atoms with Crippen molar-refractivity contribution in [3.63, 3.8) is 0 Å². The second kappa shape index (κ2) is 10.6. The van der Waals surface area contributed by atoms with Crippen molar-refractivity contribution in [1.82, 2.24) is 4.57 Å². The van der Waals surface area contributed by atoms with E-state index in [1.807, 2.05) is 63.2 Å². The van der Waals surface area contributed by atoms with Gasteiger partial charge in [-0.1, -0.05) is 12.1 Å². The van der Waals surface area contributed by atoms with Gasteiger partial charge in [-0.3, -0.25) is 5.32 Å². The number of nitriles is 1. The molecule has 9 heteroatoms. The number of hydrogen-bond acceptors (Lipinski definition) is 7. The highest BCUT2D eigenvalue weighted by Gasteiger charge is 2.28. The summed E-state index contributed by atoms with van der Waals surface area (Å²) in [5.41, 5.74) is 3.43. The van der Waals surface area contributed by atoms with E-state index in [1.165, 1.54) is 7.11 Å². The van der Waals surface area contributed by atoms with Gasteiger partial charge in [-0.2, -0.15) is 9.60 Å². The summed E-state index contributed by atoms with van der Waals surface area (Å²) >= 11 is 1.06. The maximum Gasteiger partial charge on any atom is 0.412 e. The van der Waals surface area contributed by atoms with Crippen LogP contribution in [0.25, 0.3) is 22.2 Å². The molecule has 0 spiro atoms. The second-order valence-electron chi connectivity index (χ2n) is 9.29. The Bertz CT molecular complexity index is 1240. The van der Waals surface area contributed by atoms with Gasteiger partial charge in [0, 0.05) is 23.2 Å². The Morgan fingerprint density at radius 3 is 2.54 bits per heavy atom. The van der Waals surface area contributed by atoms with Crippen molar-refractivity contribution in [3.05, 3.63) is 48.0 Å². The molecule has 0 bridgehead atoms. The molecule has 35 heavy (non-hydrogen) atoms. The molecule has 2 aromatic carbocycles. The van der Waals surface area contributed by atoms with Crippen molar-refractivity contribution in [2.45, 2.75) is 51.7 Å². The smallest absolute Gasteiger partial charge is 0.412 e. The van der Waals surface area contributed by atoms with Gasteiger partial charge in [0.25, 0.3) is 0 Å². The van der Waals surface area contributed by atoms with E-state index >= 15 is 0 Å². The summed E-state index contributed by atoms with van der Waals surface area (Å²) in [5, 5.41) is 13.8. The maximum atomic E-state index is 12.1. The molecule has 0 atom stereocenters. The Labute approximate surface area is 209 Å². The molecule has 1 heterocycles. The molecule has 0 unspecified atom stereocenters. The van der Waals surface area contributed by atoms with Crippen molar-refractivity contribution in [2.75, 3.05) is 18.4 Å². The van der Waals surface area contributed by atoms with Crippen LogP contribution in [0.15, 0.2) is 42.5 Å². The predicted octanol–water partition coefficient (Wildman–Crippen LogP) is 6.81.